The van der Waals surface area contributed by atoms with E-state index < -0.39 is 0 Å². The highest BCUT2D eigenvalue weighted by Crippen LogP contribution is 2.27. The average molecular weight is 440 g/mol. The van der Waals surface area contributed by atoms with Crippen LogP contribution in [0, 0.1) is 6.92 Å². The van der Waals surface area contributed by atoms with Crippen molar-refractivity contribution in [2.75, 3.05) is 12.4 Å². The highest BCUT2D eigenvalue weighted by molar-refractivity contribution is 7.09. The van der Waals surface area contributed by atoms with Crippen LogP contribution in [0.5, 0.6) is 11.5 Å². The zero-order valence-corrected chi connectivity index (χ0v) is 19.2. The van der Waals surface area contributed by atoms with Gasteiger partial charge in [-0.2, -0.15) is 0 Å². The Hall–Kier alpha value is -3.06. The normalized spacial score (nSPS) is 11.6. The first kappa shape index (κ1) is 22.6. The monoisotopic (exact) mass is 439 g/mol. The molecule has 0 bridgehead atoms. The van der Waals surface area contributed by atoms with E-state index in [-0.39, 0.29) is 12.1 Å². The molecule has 0 radical (unpaired) electrons. The van der Waals surface area contributed by atoms with Crippen LogP contribution in [0.2, 0.25) is 0 Å². The van der Waals surface area contributed by atoms with Crippen LogP contribution in [-0.4, -0.2) is 29.1 Å². The Morgan fingerprint density at radius 3 is 2.55 bits per heavy atom. The van der Waals surface area contributed by atoms with Crippen LogP contribution in [0.15, 0.2) is 53.9 Å². The minimum atomic E-state index is -0.127. The van der Waals surface area contributed by atoms with Crippen molar-refractivity contribution in [3.63, 3.8) is 0 Å². The first-order chi connectivity index (χ1) is 15.0. The van der Waals surface area contributed by atoms with Crippen LogP contribution >= 0.6 is 11.3 Å². The maximum absolute atomic E-state index is 12.9. The number of aromatic nitrogens is 1. The summed E-state index contributed by atoms with van der Waals surface area (Å²) < 4.78 is 11.2. The fraction of sp³-hybridized carbons (Fsp3) is 0.333. The van der Waals surface area contributed by atoms with E-state index in [1.165, 1.54) is 11.3 Å². The summed E-state index contributed by atoms with van der Waals surface area (Å²) in [6, 6.07) is 15.3. The fourth-order valence-corrected chi connectivity index (χ4v) is 3.72. The number of anilines is 1. The topological polar surface area (TPSA) is 63.7 Å². The number of ether oxygens (including phenoxy) is 2. The summed E-state index contributed by atoms with van der Waals surface area (Å²) in [5.41, 5.74) is 2.79. The molecule has 31 heavy (non-hydrogen) atoms. The number of benzene rings is 2. The van der Waals surface area contributed by atoms with Gasteiger partial charge in [0.05, 0.1) is 19.3 Å². The summed E-state index contributed by atoms with van der Waals surface area (Å²) in [5.74, 6) is 1.37. The molecule has 1 atom stereocenters. The van der Waals surface area contributed by atoms with E-state index in [1.54, 1.807) is 7.11 Å². The van der Waals surface area contributed by atoms with Crippen LogP contribution in [-0.2, 0) is 13.2 Å². The third-order valence-corrected chi connectivity index (χ3v) is 5.91. The molecule has 0 fully saturated rings. The molecule has 0 spiro atoms. The number of rotatable bonds is 9. The van der Waals surface area contributed by atoms with E-state index in [0.29, 0.717) is 24.7 Å². The van der Waals surface area contributed by atoms with Crippen LogP contribution in [0.4, 0.5) is 10.5 Å². The lowest BCUT2D eigenvalue weighted by atomic mass is 10.2. The Balaban J connectivity index is 1.64. The molecule has 6 nitrogen and oxygen atoms in total. The Bertz CT molecular complexity index is 988. The van der Waals surface area contributed by atoms with Gasteiger partial charge in [-0.25, -0.2) is 9.78 Å². The molecular formula is C24H29N3O3S. The van der Waals surface area contributed by atoms with E-state index in [1.807, 2.05) is 72.7 Å². The molecule has 7 heteroatoms. The third-order valence-electron chi connectivity index (χ3n) is 5.04. The van der Waals surface area contributed by atoms with Gasteiger partial charge >= 0.3 is 6.03 Å². The number of urea groups is 1. The Morgan fingerprint density at radius 2 is 1.87 bits per heavy atom. The minimum absolute atomic E-state index is 0.0837. The Labute approximate surface area is 187 Å². The van der Waals surface area contributed by atoms with Gasteiger partial charge in [0.15, 0.2) is 11.5 Å². The molecule has 164 valence electrons. The van der Waals surface area contributed by atoms with E-state index in [2.05, 4.69) is 17.2 Å². The van der Waals surface area contributed by atoms with Gasteiger partial charge in [-0.1, -0.05) is 36.8 Å². The molecule has 0 aliphatic carbocycles. The quantitative estimate of drug-likeness (QED) is 0.453. The van der Waals surface area contributed by atoms with Crippen LogP contribution in [0.25, 0.3) is 0 Å². The van der Waals surface area contributed by atoms with Crippen molar-refractivity contribution >= 4 is 23.1 Å². The maximum Gasteiger partial charge on any atom is 0.322 e. The van der Waals surface area contributed by atoms with Crippen LogP contribution in [0.3, 0.4) is 0 Å². The molecule has 0 unspecified atom stereocenters. The Morgan fingerprint density at radius 1 is 1.16 bits per heavy atom. The summed E-state index contributed by atoms with van der Waals surface area (Å²) >= 11 is 1.53. The van der Waals surface area contributed by atoms with Gasteiger partial charge in [0.1, 0.15) is 11.6 Å². The number of para-hydroxylation sites is 2. The van der Waals surface area contributed by atoms with E-state index in [0.717, 1.165) is 28.4 Å². The van der Waals surface area contributed by atoms with E-state index in [4.69, 9.17) is 9.47 Å². The molecule has 1 heterocycles. The van der Waals surface area contributed by atoms with Crippen molar-refractivity contribution in [3.8, 4) is 11.5 Å². The van der Waals surface area contributed by atoms with Gasteiger partial charge in [0.25, 0.3) is 0 Å². The molecule has 0 saturated heterocycles. The summed E-state index contributed by atoms with van der Waals surface area (Å²) in [4.78, 5) is 19.4. The number of nitrogens with zero attached hydrogens (tertiary/aromatic N) is 2. The van der Waals surface area contributed by atoms with Crippen LogP contribution < -0.4 is 14.8 Å². The summed E-state index contributed by atoms with van der Waals surface area (Å²) in [7, 11) is 1.62. The number of amides is 2. The van der Waals surface area contributed by atoms with Gasteiger partial charge in [0.2, 0.25) is 0 Å². The first-order valence-corrected chi connectivity index (χ1v) is 11.2. The number of carbonyl (C=O) groups excluding carboxylic acids is 1. The SMILES string of the molecule is CC[C@@H](C)N(Cc1csc(COc2ccccc2OC)n1)C(=O)Nc1ccc(C)cc1. The number of thiazole rings is 1. The van der Waals surface area contributed by atoms with E-state index in [9.17, 15) is 4.79 Å². The highest BCUT2D eigenvalue weighted by atomic mass is 32.1. The van der Waals surface area contributed by atoms with Crippen molar-refractivity contribution in [3.05, 3.63) is 70.2 Å². The average Bonchev–Trinajstić information content (AvgIpc) is 3.24. The number of aryl methyl sites for hydroxylation is 1. The molecule has 2 aromatic carbocycles. The van der Waals surface area contributed by atoms with Gasteiger partial charge in [-0.05, 0) is 44.5 Å². The van der Waals surface area contributed by atoms with Gasteiger partial charge in [-0.15, -0.1) is 11.3 Å². The molecule has 2 amide bonds. The van der Waals surface area contributed by atoms with Crippen molar-refractivity contribution in [1.29, 1.82) is 0 Å². The molecule has 1 aromatic heterocycles. The molecule has 1 N–H and O–H groups in total. The second-order valence-corrected chi connectivity index (χ2v) is 8.30. The summed E-state index contributed by atoms with van der Waals surface area (Å²) in [6.45, 7) is 6.94. The number of methoxy groups -OCH3 is 1. The van der Waals surface area contributed by atoms with Gasteiger partial charge in [-0.3, -0.25) is 0 Å². The number of hydrogen-bond donors (Lipinski definition) is 1. The summed E-state index contributed by atoms with van der Waals surface area (Å²) in [5, 5.41) is 5.83. The van der Waals surface area contributed by atoms with Crippen molar-refractivity contribution in [2.45, 2.75) is 46.4 Å². The predicted octanol–water partition coefficient (Wildman–Crippen LogP) is 5.87. The molecule has 0 aliphatic rings. The zero-order valence-electron chi connectivity index (χ0n) is 18.4. The Kier molecular flexibility index (Phi) is 7.89. The summed E-state index contributed by atoms with van der Waals surface area (Å²) in [6.07, 6.45) is 0.856. The van der Waals surface area contributed by atoms with Gasteiger partial charge < -0.3 is 19.7 Å². The van der Waals surface area contributed by atoms with E-state index >= 15 is 0 Å². The lowest BCUT2D eigenvalue weighted by Crippen LogP contribution is -2.40. The number of hydrogen-bond acceptors (Lipinski definition) is 5. The van der Waals surface area contributed by atoms with Gasteiger partial charge in [0, 0.05) is 17.1 Å². The highest BCUT2D eigenvalue weighted by Gasteiger charge is 2.21. The predicted molar refractivity (Wildman–Crippen MR) is 125 cm³/mol. The maximum atomic E-state index is 12.9. The molecule has 3 aromatic rings. The lowest BCUT2D eigenvalue weighted by molar-refractivity contribution is 0.186. The van der Waals surface area contributed by atoms with Crippen molar-refractivity contribution in [2.24, 2.45) is 0 Å². The molecular weight excluding hydrogens is 410 g/mol. The van der Waals surface area contributed by atoms with Crippen molar-refractivity contribution < 1.29 is 14.3 Å². The van der Waals surface area contributed by atoms with Crippen molar-refractivity contribution in [1.82, 2.24) is 9.88 Å². The standard InChI is InChI=1S/C24H29N3O3S/c1-5-18(3)27(24(28)26-19-12-10-17(2)11-13-19)14-20-16-31-23(25-20)15-30-22-9-7-6-8-21(22)29-4/h6-13,16,18H,5,14-15H2,1-4H3,(H,26,28)/t18-/m1/s1. The second-order valence-electron chi connectivity index (χ2n) is 7.35. The van der Waals surface area contributed by atoms with Crippen LogP contribution in [0.1, 0.15) is 36.5 Å². The largest absolute Gasteiger partial charge is 0.493 e. The number of carbonyl (C=O) groups is 1. The minimum Gasteiger partial charge on any atom is -0.493 e. The molecule has 0 aliphatic heterocycles. The zero-order chi connectivity index (χ0) is 22.2. The smallest absolute Gasteiger partial charge is 0.322 e. The molecule has 0 saturated carbocycles. The second kappa shape index (κ2) is 10.8. The number of nitrogens with one attached hydrogen (secondary N) is 1. The molecule has 3 rings (SSSR count). The third kappa shape index (κ3) is 6.21. The lowest BCUT2D eigenvalue weighted by Gasteiger charge is -2.28. The first-order valence-electron chi connectivity index (χ1n) is 10.3. The fourth-order valence-electron chi connectivity index (χ4n) is 3.02.